The summed E-state index contributed by atoms with van der Waals surface area (Å²) in [7, 11) is 1.64. The van der Waals surface area contributed by atoms with E-state index in [1.54, 1.807) is 14.0 Å². The van der Waals surface area contributed by atoms with Gasteiger partial charge in [-0.15, -0.1) is 0 Å². The van der Waals surface area contributed by atoms with Crippen molar-refractivity contribution in [3.8, 4) is 5.69 Å². The molecule has 0 saturated heterocycles. The number of carbonyl (C=O) groups is 1. The van der Waals surface area contributed by atoms with Gasteiger partial charge in [0.2, 0.25) is 0 Å². The van der Waals surface area contributed by atoms with Crippen LogP contribution in [0.1, 0.15) is 6.92 Å². The van der Waals surface area contributed by atoms with Crippen molar-refractivity contribution in [2.75, 3.05) is 11.9 Å². The van der Waals surface area contributed by atoms with Crippen molar-refractivity contribution in [1.29, 1.82) is 0 Å². The molecule has 1 N–H and O–H groups in total. The van der Waals surface area contributed by atoms with Crippen LogP contribution in [0.25, 0.3) is 5.69 Å². The number of rotatable bonds is 4. The largest absolute Gasteiger partial charge is 0.480 e. The number of nitrogens with zero attached hydrogens (tertiary/aromatic N) is 5. The number of aromatic nitrogens is 4. The highest BCUT2D eigenvalue weighted by atomic mass is 16.4. The molecule has 0 amide bonds. The zero-order chi connectivity index (χ0) is 13.1. The van der Waals surface area contributed by atoms with Crippen LogP contribution in [-0.2, 0) is 4.79 Å². The quantitative estimate of drug-likeness (QED) is 0.850. The van der Waals surface area contributed by atoms with E-state index in [9.17, 15) is 4.79 Å². The Morgan fingerprint density at radius 1 is 1.39 bits per heavy atom. The third-order valence-corrected chi connectivity index (χ3v) is 2.71. The molecule has 0 saturated carbocycles. The highest BCUT2D eigenvalue weighted by molar-refractivity contribution is 5.76. The monoisotopic (exact) mass is 247 g/mol. The third-order valence-electron chi connectivity index (χ3n) is 2.71. The third kappa shape index (κ3) is 2.15. The Morgan fingerprint density at radius 2 is 2.06 bits per heavy atom. The summed E-state index contributed by atoms with van der Waals surface area (Å²) in [5.41, 5.74) is 0.780. The fourth-order valence-corrected chi connectivity index (χ4v) is 1.48. The molecular formula is C11H13N5O2. The first-order chi connectivity index (χ1) is 8.61. The van der Waals surface area contributed by atoms with Crippen molar-refractivity contribution in [3.63, 3.8) is 0 Å². The lowest BCUT2D eigenvalue weighted by atomic mass is 10.3. The fourth-order valence-electron chi connectivity index (χ4n) is 1.48. The van der Waals surface area contributed by atoms with Crippen LogP contribution < -0.4 is 4.90 Å². The van der Waals surface area contributed by atoms with Gasteiger partial charge in [0.1, 0.15) is 6.04 Å². The van der Waals surface area contributed by atoms with Crippen LogP contribution in [0.2, 0.25) is 0 Å². The summed E-state index contributed by atoms with van der Waals surface area (Å²) in [5.74, 6) is -0.545. The number of carboxylic acid groups (broad SMARTS) is 1. The van der Waals surface area contributed by atoms with Crippen molar-refractivity contribution in [3.05, 3.63) is 30.3 Å². The molecule has 0 fully saturated rings. The van der Waals surface area contributed by atoms with E-state index in [4.69, 9.17) is 5.11 Å². The van der Waals surface area contributed by atoms with Gasteiger partial charge in [-0.1, -0.05) is 23.3 Å². The first-order valence-electron chi connectivity index (χ1n) is 5.40. The Balaban J connectivity index is 2.37. The van der Waals surface area contributed by atoms with Gasteiger partial charge in [0, 0.05) is 7.05 Å². The molecule has 94 valence electrons. The van der Waals surface area contributed by atoms with Crippen LogP contribution in [0, 0.1) is 0 Å². The minimum atomic E-state index is -0.930. The molecule has 2 aromatic rings. The lowest BCUT2D eigenvalue weighted by Crippen LogP contribution is -2.37. The van der Waals surface area contributed by atoms with Gasteiger partial charge >= 0.3 is 5.97 Å². The predicted octanol–water partition coefficient (Wildman–Crippen LogP) is 0.572. The molecule has 7 nitrogen and oxygen atoms in total. The Hall–Kier alpha value is -2.44. The molecule has 0 bridgehead atoms. The van der Waals surface area contributed by atoms with Gasteiger partial charge in [-0.3, -0.25) is 0 Å². The highest BCUT2D eigenvalue weighted by Crippen LogP contribution is 2.15. The van der Waals surface area contributed by atoms with Crippen LogP contribution in [0.3, 0.4) is 0 Å². The number of anilines is 1. The zero-order valence-electron chi connectivity index (χ0n) is 10.1. The topological polar surface area (TPSA) is 84.1 Å². The van der Waals surface area contributed by atoms with E-state index >= 15 is 0 Å². The van der Waals surface area contributed by atoms with Gasteiger partial charge in [-0.2, -0.15) is 4.68 Å². The van der Waals surface area contributed by atoms with E-state index in [1.165, 1.54) is 9.58 Å². The maximum atomic E-state index is 11.0. The first kappa shape index (κ1) is 12.0. The number of benzene rings is 1. The number of carboxylic acids is 1. The van der Waals surface area contributed by atoms with Crippen molar-refractivity contribution in [1.82, 2.24) is 20.2 Å². The summed E-state index contributed by atoms with van der Waals surface area (Å²) in [6.07, 6.45) is 0. The van der Waals surface area contributed by atoms with Gasteiger partial charge in [-0.25, -0.2) is 4.79 Å². The second-order valence-corrected chi connectivity index (χ2v) is 3.85. The molecule has 0 radical (unpaired) electrons. The molecule has 18 heavy (non-hydrogen) atoms. The second kappa shape index (κ2) is 4.82. The van der Waals surface area contributed by atoms with Crippen molar-refractivity contribution < 1.29 is 9.90 Å². The van der Waals surface area contributed by atoms with Crippen LogP contribution in [0.5, 0.6) is 0 Å². The lowest BCUT2D eigenvalue weighted by molar-refractivity contribution is -0.138. The molecule has 7 heteroatoms. The van der Waals surface area contributed by atoms with Gasteiger partial charge in [0.15, 0.2) is 0 Å². The fraction of sp³-hybridized carbons (Fsp3) is 0.273. The van der Waals surface area contributed by atoms with Crippen LogP contribution in [0.15, 0.2) is 30.3 Å². The predicted molar refractivity (Wildman–Crippen MR) is 64.7 cm³/mol. The Labute approximate surface area is 104 Å². The average Bonchev–Trinajstić information content (AvgIpc) is 2.87. The smallest absolute Gasteiger partial charge is 0.326 e. The molecule has 0 aliphatic rings. The molecule has 0 aliphatic heterocycles. The number of aliphatic carboxylic acids is 1. The van der Waals surface area contributed by atoms with Gasteiger partial charge in [0.05, 0.1) is 5.69 Å². The summed E-state index contributed by atoms with van der Waals surface area (Å²) in [6.45, 7) is 1.58. The van der Waals surface area contributed by atoms with Crippen molar-refractivity contribution in [2.24, 2.45) is 0 Å². The Kier molecular flexibility index (Phi) is 3.22. The van der Waals surface area contributed by atoms with E-state index in [0.29, 0.717) is 5.95 Å². The van der Waals surface area contributed by atoms with Crippen molar-refractivity contribution >= 4 is 11.9 Å². The van der Waals surface area contributed by atoms with E-state index in [1.807, 2.05) is 30.3 Å². The zero-order valence-corrected chi connectivity index (χ0v) is 10.1. The van der Waals surface area contributed by atoms with Crippen LogP contribution in [0.4, 0.5) is 5.95 Å². The van der Waals surface area contributed by atoms with Crippen LogP contribution in [-0.4, -0.2) is 44.4 Å². The normalized spacial score (nSPS) is 12.1. The molecule has 1 atom stereocenters. The maximum absolute atomic E-state index is 11.0. The summed E-state index contributed by atoms with van der Waals surface area (Å²) in [5, 5.41) is 20.3. The minimum Gasteiger partial charge on any atom is -0.480 e. The van der Waals surface area contributed by atoms with E-state index < -0.39 is 12.0 Å². The molecular weight excluding hydrogens is 234 g/mol. The minimum absolute atomic E-state index is 0.385. The molecule has 0 spiro atoms. The standard InChI is InChI=1S/C11H13N5O2/c1-8(10(17)18)15(2)11-12-13-14-16(11)9-6-4-3-5-7-9/h3-8H,1-2H3,(H,17,18). The van der Waals surface area contributed by atoms with Gasteiger partial charge in [0.25, 0.3) is 5.95 Å². The Bertz CT molecular complexity index is 539. The second-order valence-electron chi connectivity index (χ2n) is 3.85. The molecule has 1 unspecified atom stereocenters. The van der Waals surface area contributed by atoms with Gasteiger partial charge < -0.3 is 10.0 Å². The molecule has 1 aromatic carbocycles. The average molecular weight is 247 g/mol. The highest BCUT2D eigenvalue weighted by Gasteiger charge is 2.22. The van der Waals surface area contributed by atoms with Crippen molar-refractivity contribution in [2.45, 2.75) is 13.0 Å². The number of hydrogen-bond acceptors (Lipinski definition) is 5. The van der Waals surface area contributed by atoms with E-state index in [2.05, 4.69) is 15.5 Å². The van der Waals surface area contributed by atoms with E-state index in [0.717, 1.165) is 5.69 Å². The van der Waals surface area contributed by atoms with Crippen LogP contribution >= 0.6 is 0 Å². The molecule has 2 rings (SSSR count). The number of tetrazole rings is 1. The molecule has 1 heterocycles. The SMILES string of the molecule is CC(C(=O)O)N(C)c1nnnn1-c1ccccc1. The summed E-state index contributed by atoms with van der Waals surface area (Å²) in [6, 6.07) is 8.59. The summed E-state index contributed by atoms with van der Waals surface area (Å²) >= 11 is 0. The summed E-state index contributed by atoms with van der Waals surface area (Å²) in [4.78, 5) is 12.5. The van der Waals surface area contributed by atoms with Gasteiger partial charge in [-0.05, 0) is 29.5 Å². The maximum Gasteiger partial charge on any atom is 0.326 e. The molecule has 1 aromatic heterocycles. The lowest BCUT2D eigenvalue weighted by Gasteiger charge is -2.21. The number of para-hydroxylation sites is 1. The Morgan fingerprint density at radius 3 is 2.67 bits per heavy atom. The number of hydrogen-bond donors (Lipinski definition) is 1. The number of likely N-dealkylation sites (N-methyl/N-ethyl adjacent to an activating group) is 1. The molecule has 0 aliphatic carbocycles. The summed E-state index contributed by atoms with van der Waals surface area (Å²) < 4.78 is 1.50. The first-order valence-corrected chi connectivity index (χ1v) is 5.40. The van der Waals surface area contributed by atoms with E-state index in [-0.39, 0.29) is 0 Å².